The predicted molar refractivity (Wildman–Crippen MR) is 108 cm³/mol. The Balaban J connectivity index is 1.50. The highest BCUT2D eigenvalue weighted by Crippen LogP contribution is 2.54. The second-order valence-electron chi connectivity index (χ2n) is 8.27. The van der Waals surface area contributed by atoms with Crippen LogP contribution in [0.5, 0.6) is 11.5 Å². The van der Waals surface area contributed by atoms with Gasteiger partial charge in [0.25, 0.3) is 5.91 Å². The Morgan fingerprint density at radius 1 is 0.889 bits per heavy atom. The van der Waals surface area contributed by atoms with Crippen molar-refractivity contribution in [2.45, 2.75) is 50.9 Å². The molecule has 0 saturated heterocycles. The lowest BCUT2D eigenvalue weighted by atomic mass is 9.53. The van der Waals surface area contributed by atoms with Crippen molar-refractivity contribution in [1.82, 2.24) is 5.32 Å². The molecule has 0 spiro atoms. The van der Waals surface area contributed by atoms with Crippen LogP contribution < -0.4 is 10.1 Å². The monoisotopic (exact) mass is 363 g/mol. The summed E-state index contributed by atoms with van der Waals surface area (Å²) in [4.78, 5) is 11.6. The molecule has 3 nitrogen and oxygen atoms in total. The molecule has 2 fully saturated rings. The minimum absolute atomic E-state index is 0.0859. The molecule has 0 aliphatic heterocycles. The fourth-order valence-corrected chi connectivity index (χ4v) is 5.35. The summed E-state index contributed by atoms with van der Waals surface area (Å²) < 4.78 is 5.98. The SMILES string of the molecule is CNC(=O)c1ccc(Oc2ccc(C3(C)C4CCCC3CCC4)cc2)cc1. The summed E-state index contributed by atoms with van der Waals surface area (Å²) in [5.41, 5.74) is 2.43. The highest BCUT2D eigenvalue weighted by atomic mass is 16.5. The smallest absolute Gasteiger partial charge is 0.251 e. The van der Waals surface area contributed by atoms with Crippen molar-refractivity contribution in [1.29, 1.82) is 0 Å². The van der Waals surface area contributed by atoms with E-state index < -0.39 is 0 Å². The van der Waals surface area contributed by atoms with Gasteiger partial charge in [0.15, 0.2) is 0 Å². The van der Waals surface area contributed by atoms with Crippen LogP contribution in [0.15, 0.2) is 48.5 Å². The highest BCUT2D eigenvalue weighted by molar-refractivity contribution is 5.94. The molecular formula is C24H29NO2. The Morgan fingerprint density at radius 2 is 1.37 bits per heavy atom. The topological polar surface area (TPSA) is 38.3 Å². The van der Waals surface area contributed by atoms with E-state index in [-0.39, 0.29) is 5.91 Å². The van der Waals surface area contributed by atoms with E-state index in [1.807, 2.05) is 12.1 Å². The zero-order chi connectivity index (χ0) is 18.9. The molecule has 3 heteroatoms. The molecule has 2 aliphatic rings. The lowest BCUT2D eigenvalue weighted by Crippen LogP contribution is -2.45. The first-order valence-electron chi connectivity index (χ1n) is 10.2. The quantitative estimate of drug-likeness (QED) is 0.757. The molecule has 2 bridgehead atoms. The summed E-state index contributed by atoms with van der Waals surface area (Å²) in [5, 5.41) is 2.63. The Hall–Kier alpha value is -2.29. The van der Waals surface area contributed by atoms with Crippen LogP contribution in [-0.4, -0.2) is 13.0 Å². The maximum atomic E-state index is 11.6. The minimum atomic E-state index is -0.0859. The van der Waals surface area contributed by atoms with E-state index >= 15 is 0 Å². The molecule has 0 radical (unpaired) electrons. The number of ether oxygens (including phenoxy) is 1. The zero-order valence-electron chi connectivity index (χ0n) is 16.3. The van der Waals surface area contributed by atoms with Crippen molar-refractivity contribution in [2.75, 3.05) is 7.05 Å². The Bertz CT molecular complexity index is 772. The summed E-state index contributed by atoms with van der Waals surface area (Å²) >= 11 is 0. The average molecular weight is 364 g/mol. The van der Waals surface area contributed by atoms with E-state index in [2.05, 4.69) is 36.5 Å². The highest BCUT2D eigenvalue weighted by Gasteiger charge is 2.46. The maximum absolute atomic E-state index is 11.6. The van der Waals surface area contributed by atoms with Crippen molar-refractivity contribution in [3.63, 3.8) is 0 Å². The van der Waals surface area contributed by atoms with E-state index in [1.165, 1.54) is 44.1 Å². The summed E-state index contributed by atoms with van der Waals surface area (Å²) in [6.45, 7) is 2.49. The molecule has 0 unspecified atom stereocenters. The number of carbonyl (C=O) groups is 1. The third-order valence-electron chi connectivity index (χ3n) is 6.96. The number of fused-ring (bicyclic) bond motifs is 2. The molecule has 0 atom stereocenters. The van der Waals surface area contributed by atoms with Crippen LogP contribution in [0.1, 0.15) is 61.4 Å². The lowest BCUT2D eigenvalue weighted by Gasteiger charge is -2.52. The Labute approximate surface area is 162 Å². The van der Waals surface area contributed by atoms with Gasteiger partial charge in [-0.25, -0.2) is 0 Å². The second-order valence-corrected chi connectivity index (χ2v) is 8.27. The fraction of sp³-hybridized carbons (Fsp3) is 0.458. The van der Waals surface area contributed by atoms with Crippen LogP contribution in [0.25, 0.3) is 0 Å². The number of rotatable bonds is 4. The van der Waals surface area contributed by atoms with Crippen LogP contribution >= 0.6 is 0 Å². The van der Waals surface area contributed by atoms with E-state index in [9.17, 15) is 4.79 Å². The van der Waals surface area contributed by atoms with E-state index in [0.29, 0.717) is 11.0 Å². The van der Waals surface area contributed by atoms with Gasteiger partial charge < -0.3 is 10.1 Å². The van der Waals surface area contributed by atoms with Crippen LogP contribution in [0.2, 0.25) is 0 Å². The van der Waals surface area contributed by atoms with Gasteiger partial charge in [-0.1, -0.05) is 31.9 Å². The van der Waals surface area contributed by atoms with Crippen molar-refractivity contribution in [3.05, 3.63) is 59.7 Å². The first-order chi connectivity index (χ1) is 13.1. The molecule has 0 aromatic heterocycles. The van der Waals surface area contributed by atoms with Crippen molar-refractivity contribution in [3.8, 4) is 11.5 Å². The summed E-state index contributed by atoms with van der Waals surface area (Å²) in [7, 11) is 1.63. The number of amides is 1. The maximum Gasteiger partial charge on any atom is 0.251 e. The van der Waals surface area contributed by atoms with Gasteiger partial charge in [0.05, 0.1) is 0 Å². The van der Waals surface area contributed by atoms with Gasteiger partial charge in [0.1, 0.15) is 11.5 Å². The van der Waals surface area contributed by atoms with Crippen LogP contribution in [0.4, 0.5) is 0 Å². The predicted octanol–water partition coefficient (Wildman–Crippen LogP) is 5.70. The third kappa shape index (κ3) is 3.36. The Morgan fingerprint density at radius 3 is 1.85 bits per heavy atom. The van der Waals surface area contributed by atoms with Gasteiger partial charge >= 0.3 is 0 Å². The largest absolute Gasteiger partial charge is 0.457 e. The summed E-state index contributed by atoms with van der Waals surface area (Å²) in [6.07, 6.45) is 8.31. The van der Waals surface area contributed by atoms with E-state index in [0.717, 1.165) is 23.3 Å². The van der Waals surface area contributed by atoms with Crippen molar-refractivity contribution < 1.29 is 9.53 Å². The zero-order valence-corrected chi connectivity index (χ0v) is 16.3. The molecular weight excluding hydrogens is 334 g/mol. The molecule has 27 heavy (non-hydrogen) atoms. The number of carbonyl (C=O) groups excluding carboxylic acids is 1. The first kappa shape index (κ1) is 18.1. The molecule has 142 valence electrons. The molecule has 2 aliphatic carbocycles. The first-order valence-corrected chi connectivity index (χ1v) is 10.2. The van der Waals surface area contributed by atoms with Crippen LogP contribution in [-0.2, 0) is 5.41 Å². The second kappa shape index (κ2) is 7.38. The summed E-state index contributed by atoms with van der Waals surface area (Å²) in [6, 6.07) is 16.0. The number of hydrogen-bond donors (Lipinski definition) is 1. The molecule has 2 saturated carbocycles. The standard InChI is InChI=1S/C24H29NO2/c1-24(18-5-3-6-19(24)8-4-7-18)20-11-15-22(16-12-20)27-21-13-9-17(10-14-21)23(26)25-2/h9-16,18-19H,3-8H2,1-2H3,(H,25,26). The number of hydrogen-bond acceptors (Lipinski definition) is 2. The third-order valence-corrected chi connectivity index (χ3v) is 6.96. The van der Waals surface area contributed by atoms with Crippen LogP contribution in [0.3, 0.4) is 0 Å². The average Bonchev–Trinajstić information content (AvgIpc) is 2.68. The van der Waals surface area contributed by atoms with E-state index in [1.54, 1.807) is 19.2 Å². The molecule has 4 rings (SSSR count). The minimum Gasteiger partial charge on any atom is -0.457 e. The van der Waals surface area contributed by atoms with E-state index in [4.69, 9.17) is 4.74 Å². The molecule has 2 aromatic carbocycles. The number of nitrogens with one attached hydrogen (secondary N) is 1. The molecule has 1 N–H and O–H groups in total. The van der Waals surface area contributed by atoms with Gasteiger partial charge in [-0.15, -0.1) is 0 Å². The summed E-state index contributed by atoms with van der Waals surface area (Å²) in [5.74, 6) is 3.16. The normalized spacial score (nSPS) is 27.0. The lowest BCUT2D eigenvalue weighted by molar-refractivity contribution is 0.0666. The fourth-order valence-electron chi connectivity index (χ4n) is 5.35. The van der Waals surface area contributed by atoms with Crippen LogP contribution in [0, 0.1) is 11.8 Å². The Kier molecular flexibility index (Phi) is 4.94. The van der Waals surface area contributed by atoms with Gasteiger partial charge in [-0.2, -0.15) is 0 Å². The molecule has 0 heterocycles. The number of benzene rings is 2. The van der Waals surface area contributed by atoms with Gasteiger partial charge in [-0.05, 0) is 84.9 Å². The molecule has 2 aromatic rings. The van der Waals surface area contributed by atoms with Gasteiger partial charge in [0.2, 0.25) is 0 Å². The van der Waals surface area contributed by atoms with Crippen molar-refractivity contribution in [2.24, 2.45) is 11.8 Å². The van der Waals surface area contributed by atoms with Gasteiger partial charge in [0, 0.05) is 12.6 Å². The molecule has 1 amide bonds. The van der Waals surface area contributed by atoms with Gasteiger partial charge in [-0.3, -0.25) is 4.79 Å². The van der Waals surface area contributed by atoms with Crippen molar-refractivity contribution >= 4 is 5.91 Å².